The minimum Gasteiger partial charge on any atom is -0.481 e. The first-order valence-corrected chi connectivity index (χ1v) is 16.4. The second kappa shape index (κ2) is 16.5. The highest BCUT2D eigenvalue weighted by molar-refractivity contribution is 6.35. The zero-order chi connectivity index (χ0) is 35.8. The Morgan fingerprint density at radius 2 is 1.43 bits per heavy atom. The summed E-state index contributed by atoms with van der Waals surface area (Å²) in [5.41, 5.74) is 5.87. The number of carboxylic acids is 1. The van der Waals surface area contributed by atoms with E-state index in [0.29, 0.717) is 42.1 Å². The standard InChI is InChI=1S/C40H41ClF3NO4/c1-26-10-11-28(18-19-39(3,25-47)38(48)49)22-32(26)15-13-30-6-4-8-34(27(30)2)35-9-5-7-31(37(35)41)14-16-33-23-29(24-45-20-21-46)12-17-36(33)40(42,43)44/h4-17,22-23,45-47H,18-21,24-25H2,1-3H3,(H,48,49)/b15-13+,16-14+/t39-/m0/s1. The number of aliphatic hydroxyl groups is 2. The number of aliphatic hydroxyl groups excluding tert-OH is 2. The summed E-state index contributed by atoms with van der Waals surface area (Å²) in [7, 11) is 0. The number of aliphatic carboxylic acids is 1. The van der Waals surface area contributed by atoms with Gasteiger partial charge in [0.15, 0.2) is 0 Å². The summed E-state index contributed by atoms with van der Waals surface area (Å²) in [6.45, 7) is 5.69. The molecule has 0 saturated heterocycles. The number of alkyl halides is 3. The molecule has 0 aliphatic carbocycles. The molecule has 0 bridgehead atoms. The van der Waals surface area contributed by atoms with Crippen molar-refractivity contribution in [1.82, 2.24) is 5.32 Å². The molecule has 0 aliphatic rings. The van der Waals surface area contributed by atoms with Gasteiger partial charge in [-0.25, -0.2) is 0 Å². The van der Waals surface area contributed by atoms with Gasteiger partial charge in [-0.1, -0.05) is 96.6 Å². The molecule has 258 valence electrons. The number of rotatable bonds is 14. The van der Waals surface area contributed by atoms with Crippen LogP contribution in [0.15, 0.2) is 72.8 Å². The lowest BCUT2D eigenvalue weighted by molar-refractivity contribution is -0.150. The Morgan fingerprint density at radius 1 is 0.816 bits per heavy atom. The average Bonchev–Trinajstić information content (AvgIpc) is 3.07. The van der Waals surface area contributed by atoms with Crippen LogP contribution >= 0.6 is 11.6 Å². The molecule has 0 radical (unpaired) electrons. The molecule has 4 N–H and O–H groups in total. The van der Waals surface area contributed by atoms with Crippen LogP contribution in [-0.4, -0.2) is 41.0 Å². The summed E-state index contributed by atoms with van der Waals surface area (Å²) in [4.78, 5) is 11.6. The fraction of sp³-hybridized carbons (Fsp3) is 0.275. The van der Waals surface area contributed by atoms with E-state index in [9.17, 15) is 28.2 Å². The molecular formula is C40H41ClF3NO4. The van der Waals surface area contributed by atoms with Crippen molar-refractivity contribution in [2.75, 3.05) is 19.8 Å². The van der Waals surface area contributed by atoms with E-state index in [0.717, 1.165) is 45.0 Å². The van der Waals surface area contributed by atoms with Crippen LogP contribution in [0.25, 0.3) is 35.4 Å². The van der Waals surface area contributed by atoms with Crippen LogP contribution in [0.4, 0.5) is 13.2 Å². The van der Waals surface area contributed by atoms with E-state index >= 15 is 0 Å². The quantitative estimate of drug-likeness (QED) is 0.0783. The highest BCUT2D eigenvalue weighted by Crippen LogP contribution is 2.37. The molecule has 4 aromatic carbocycles. The Hall–Kier alpha value is -4.21. The van der Waals surface area contributed by atoms with Gasteiger partial charge in [0.2, 0.25) is 0 Å². The summed E-state index contributed by atoms with van der Waals surface area (Å²) in [6.07, 6.45) is 3.33. The molecule has 49 heavy (non-hydrogen) atoms. The fourth-order valence-electron chi connectivity index (χ4n) is 5.50. The number of aryl methyl sites for hydroxylation is 2. The van der Waals surface area contributed by atoms with E-state index in [1.165, 1.54) is 18.2 Å². The van der Waals surface area contributed by atoms with Crippen molar-refractivity contribution < 1.29 is 33.3 Å². The molecule has 0 aromatic heterocycles. The van der Waals surface area contributed by atoms with Gasteiger partial charge in [0, 0.05) is 18.7 Å². The minimum absolute atomic E-state index is 0.0178. The lowest BCUT2D eigenvalue weighted by atomic mass is 9.84. The Morgan fingerprint density at radius 3 is 2.10 bits per heavy atom. The SMILES string of the molecule is Cc1ccc(CC[C@@](C)(CO)C(=O)O)cc1/C=C/c1cccc(-c2cccc(/C=C/c3cc(CNCCO)ccc3C(F)(F)F)c2Cl)c1C. The number of hydrogen-bond acceptors (Lipinski definition) is 4. The first kappa shape index (κ1) is 37.6. The monoisotopic (exact) mass is 691 g/mol. The van der Waals surface area contributed by atoms with E-state index in [1.807, 2.05) is 74.5 Å². The van der Waals surface area contributed by atoms with Crippen LogP contribution in [0.1, 0.15) is 63.4 Å². The topological polar surface area (TPSA) is 89.8 Å². The zero-order valence-corrected chi connectivity index (χ0v) is 28.5. The van der Waals surface area contributed by atoms with Gasteiger partial charge in [-0.15, -0.1) is 0 Å². The third-order valence-corrected chi connectivity index (χ3v) is 9.21. The predicted octanol–water partition coefficient (Wildman–Crippen LogP) is 9.08. The van der Waals surface area contributed by atoms with E-state index in [4.69, 9.17) is 16.7 Å². The molecule has 0 aliphatic heterocycles. The van der Waals surface area contributed by atoms with Gasteiger partial charge in [0.25, 0.3) is 0 Å². The second-order valence-corrected chi connectivity index (χ2v) is 12.8. The predicted molar refractivity (Wildman–Crippen MR) is 192 cm³/mol. The largest absolute Gasteiger partial charge is 0.481 e. The summed E-state index contributed by atoms with van der Waals surface area (Å²) < 4.78 is 41.5. The number of carbonyl (C=O) groups is 1. The zero-order valence-electron chi connectivity index (χ0n) is 27.7. The van der Waals surface area contributed by atoms with Crippen LogP contribution in [0, 0.1) is 19.3 Å². The molecule has 0 fully saturated rings. The molecule has 0 amide bonds. The summed E-state index contributed by atoms with van der Waals surface area (Å²) in [5.74, 6) is -1.02. The van der Waals surface area contributed by atoms with Crippen molar-refractivity contribution in [3.05, 3.63) is 128 Å². The van der Waals surface area contributed by atoms with Crippen molar-refractivity contribution in [2.24, 2.45) is 5.41 Å². The number of benzene rings is 4. The molecule has 0 saturated carbocycles. The Kier molecular flexibility index (Phi) is 12.6. The first-order chi connectivity index (χ1) is 23.3. The van der Waals surface area contributed by atoms with Gasteiger partial charge in [-0.3, -0.25) is 4.79 Å². The van der Waals surface area contributed by atoms with Crippen molar-refractivity contribution >= 4 is 41.9 Å². The van der Waals surface area contributed by atoms with E-state index in [-0.39, 0.29) is 12.2 Å². The number of hydrogen-bond donors (Lipinski definition) is 4. The summed E-state index contributed by atoms with van der Waals surface area (Å²) in [5, 5.41) is 31.5. The van der Waals surface area contributed by atoms with Crippen LogP contribution < -0.4 is 5.32 Å². The highest BCUT2D eigenvalue weighted by Gasteiger charge is 2.33. The molecule has 0 unspecified atom stereocenters. The van der Waals surface area contributed by atoms with Gasteiger partial charge in [-0.2, -0.15) is 13.2 Å². The van der Waals surface area contributed by atoms with Crippen LogP contribution in [0.3, 0.4) is 0 Å². The Bertz CT molecular complexity index is 1850. The van der Waals surface area contributed by atoms with Crippen molar-refractivity contribution in [3.63, 3.8) is 0 Å². The number of nitrogens with one attached hydrogen (secondary N) is 1. The maximum Gasteiger partial charge on any atom is 0.416 e. The van der Waals surface area contributed by atoms with Gasteiger partial charge < -0.3 is 20.6 Å². The Balaban J connectivity index is 1.62. The van der Waals surface area contributed by atoms with Crippen molar-refractivity contribution in [1.29, 1.82) is 0 Å². The van der Waals surface area contributed by atoms with Crippen molar-refractivity contribution in [2.45, 2.75) is 46.3 Å². The van der Waals surface area contributed by atoms with Gasteiger partial charge in [0.05, 0.1) is 29.2 Å². The summed E-state index contributed by atoms with van der Waals surface area (Å²) >= 11 is 6.90. The Labute approximate surface area is 290 Å². The smallest absolute Gasteiger partial charge is 0.416 e. The molecule has 5 nitrogen and oxygen atoms in total. The first-order valence-electron chi connectivity index (χ1n) is 16.0. The van der Waals surface area contributed by atoms with Crippen LogP contribution in [0.5, 0.6) is 0 Å². The fourth-order valence-corrected chi connectivity index (χ4v) is 5.79. The number of halogens is 4. The van der Waals surface area contributed by atoms with Crippen molar-refractivity contribution in [3.8, 4) is 11.1 Å². The van der Waals surface area contributed by atoms with Crippen LogP contribution in [-0.2, 0) is 23.9 Å². The molecule has 9 heteroatoms. The van der Waals surface area contributed by atoms with Gasteiger partial charge in [-0.05, 0) is 95.8 Å². The van der Waals surface area contributed by atoms with Gasteiger partial charge in [0.1, 0.15) is 0 Å². The summed E-state index contributed by atoms with van der Waals surface area (Å²) in [6, 6.07) is 21.3. The van der Waals surface area contributed by atoms with E-state index in [2.05, 4.69) is 5.32 Å². The maximum absolute atomic E-state index is 13.8. The molecule has 0 spiro atoms. The highest BCUT2D eigenvalue weighted by atomic mass is 35.5. The maximum atomic E-state index is 13.8. The minimum atomic E-state index is -4.53. The van der Waals surface area contributed by atoms with Gasteiger partial charge >= 0.3 is 12.1 Å². The lowest BCUT2D eigenvalue weighted by Crippen LogP contribution is -2.32. The third-order valence-electron chi connectivity index (χ3n) is 8.79. The molecule has 0 heterocycles. The molecule has 4 aromatic rings. The van der Waals surface area contributed by atoms with E-state index < -0.39 is 29.7 Å². The average molecular weight is 692 g/mol. The lowest BCUT2D eigenvalue weighted by Gasteiger charge is -2.21. The normalized spacial score (nSPS) is 13.3. The van der Waals surface area contributed by atoms with E-state index in [1.54, 1.807) is 19.1 Å². The number of carboxylic acid groups (broad SMARTS) is 1. The second-order valence-electron chi connectivity index (χ2n) is 12.4. The molecule has 1 atom stereocenters. The van der Waals surface area contributed by atoms with Crippen LogP contribution in [0.2, 0.25) is 5.02 Å². The molecular weight excluding hydrogens is 651 g/mol. The third kappa shape index (κ3) is 9.49. The molecule has 4 rings (SSSR count).